The number of rotatable bonds is 28. The summed E-state index contributed by atoms with van der Waals surface area (Å²) in [5.41, 5.74) is 27.6. The summed E-state index contributed by atoms with van der Waals surface area (Å²) >= 11 is 0. The molecule has 6 aromatic rings. The fourth-order valence-electron chi connectivity index (χ4n) is 10.8. The Hall–Kier alpha value is -9.40. The quantitative estimate of drug-likeness (QED) is 0.0126. The van der Waals surface area contributed by atoms with Crippen molar-refractivity contribution in [3.63, 3.8) is 0 Å². The smallest absolute Gasteiger partial charge is 0.326 e. The molecule has 0 aliphatic heterocycles. The number of aliphatic hydroxyl groups excluding tert-OH is 2. The summed E-state index contributed by atoms with van der Waals surface area (Å²) in [5, 5.41) is 37.7. The molecule has 0 spiro atoms. The Morgan fingerprint density at radius 2 is 0.820 bits per heavy atom. The monoisotopic (exact) mass is 1220 g/mol. The highest BCUT2D eigenvalue weighted by Crippen LogP contribution is 2.46. The lowest BCUT2D eigenvalue weighted by Gasteiger charge is -2.24. The van der Waals surface area contributed by atoms with E-state index in [1.165, 1.54) is 0 Å². The molecule has 89 heavy (non-hydrogen) atoms. The first-order chi connectivity index (χ1) is 42.7. The number of carboxylic acids is 1. The van der Waals surface area contributed by atoms with Crippen LogP contribution in [0, 0.1) is 23.7 Å². The van der Waals surface area contributed by atoms with Crippen molar-refractivity contribution in [3.8, 4) is 22.3 Å². The van der Waals surface area contributed by atoms with E-state index in [9.17, 15) is 48.6 Å². The van der Waals surface area contributed by atoms with E-state index in [-0.39, 0.29) is 101 Å². The third-order valence-corrected chi connectivity index (χ3v) is 15.8. The van der Waals surface area contributed by atoms with Crippen molar-refractivity contribution in [2.75, 3.05) is 32.0 Å². The van der Waals surface area contributed by atoms with Crippen molar-refractivity contribution in [2.45, 2.75) is 110 Å². The van der Waals surface area contributed by atoms with Gasteiger partial charge in [0, 0.05) is 37.0 Å². The zero-order valence-corrected chi connectivity index (χ0v) is 50.8. The number of aliphatic carboxylic acids is 1. The summed E-state index contributed by atoms with van der Waals surface area (Å²) in [4.78, 5) is 99.1. The molecule has 20 nitrogen and oxygen atoms in total. The highest BCUT2D eigenvalue weighted by Gasteiger charge is 2.35. The Morgan fingerprint density at radius 3 is 1.17 bits per heavy atom. The summed E-state index contributed by atoms with van der Waals surface area (Å²) in [6.45, 7) is 8.08. The van der Waals surface area contributed by atoms with Crippen molar-refractivity contribution in [1.82, 2.24) is 21.3 Å². The average molecular weight is 1220 g/mol. The van der Waals surface area contributed by atoms with Gasteiger partial charge in [0.15, 0.2) is 5.78 Å². The van der Waals surface area contributed by atoms with Crippen molar-refractivity contribution >= 4 is 53.3 Å². The Bertz CT molecular complexity index is 3280. The van der Waals surface area contributed by atoms with Gasteiger partial charge < -0.3 is 63.3 Å². The molecule has 0 saturated carbocycles. The number of hydrogen-bond donors (Lipinski definition) is 10. The number of Topliss-reactive ketones (excluding diaryl/α,β-unsaturated/α-hetero) is 1. The molecule has 0 radical (unpaired) electrons. The minimum absolute atomic E-state index is 0.0820. The number of anilines is 1. The van der Waals surface area contributed by atoms with Crippen LogP contribution in [-0.2, 0) is 57.9 Å². The van der Waals surface area contributed by atoms with Crippen LogP contribution in [0.15, 0.2) is 146 Å². The lowest BCUT2D eigenvalue weighted by atomic mass is 9.90. The van der Waals surface area contributed by atoms with Crippen molar-refractivity contribution in [3.05, 3.63) is 185 Å². The lowest BCUT2D eigenvalue weighted by Crippen LogP contribution is -2.46. The molecule has 472 valence electrons. The van der Waals surface area contributed by atoms with E-state index in [2.05, 4.69) is 57.7 Å². The second-order valence-electron chi connectivity index (χ2n) is 22.8. The van der Waals surface area contributed by atoms with E-state index >= 15 is 0 Å². The Labute approximate surface area is 519 Å². The second-order valence-corrected chi connectivity index (χ2v) is 22.8. The number of hydrogen-bond acceptors (Lipinski definition) is 13. The number of nitrogen functional groups attached to an aromatic ring is 1. The van der Waals surface area contributed by atoms with Gasteiger partial charge in [0.25, 0.3) is 0 Å². The molecule has 8 rings (SSSR count). The van der Waals surface area contributed by atoms with Gasteiger partial charge in [0.1, 0.15) is 19.3 Å². The van der Waals surface area contributed by atoms with Gasteiger partial charge in [-0.1, -0.05) is 161 Å². The summed E-state index contributed by atoms with van der Waals surface area (Å²) < 4.78 is 11.4. The molecule has 6 aromatic carbocycles. The molecule has 2 aliphatic rings. The summed E-state index contributed by atoms with van der Waals surface area (Å²) in [7, 11) is 0. The van der Waals surface area contributed by atoms with Gasteiger partial charge in [-0.3, -0.25) is 24.0 Å². The van der Waals surface area contributed by atoms with Gasteiger partial charge in [-0.15, -0.1) is 0 Å². The lowest BCUT2D eigenvalue weighted by molar-refractivity contribution is -0.149. The first-order valence-electron chi connectivity index (χ1n) is 29.9. The average Bonchev–Trinajstić information content (AvgIpc) is 1.69. The first-order valence-corrected chi connectivity index (χ1v) is 29.9. The fourth-order valence-corrected chi connectivity index (χ4v) is 10.8. The summed E-state index contributed by atoms with van der Waals surface area (Å²) in [6.07, 6.45) is 0.938. The van der Waals surface area contributed by atoms with Gasteiger partial charge in [-0.25, -0.2) is 14.4 Å². The molecular weight excluding hydrogens is 1130 g/mol. The highest BCUT2D eigenvalue weighted by atomic mass is 16.5. The zero-order chi connectivity index (χ0) is 64.6. The van der Waals surface area contributed by atoms with Crippen molar-refractivity contribution in [1.29, 1.82) is 0 Å². The fraction of sp³-hybridized carbons (Fsp3) is 0.362. The van der Waals surface area contributed by atoms with Crippen LogP contribution in [0.25, 0.3) is 22.3 Å². The standard InChI is InChI=1S/C35H41N3O6.C27H33N3O6.C7H9NO/c1-22(2)29(19-33(41)44-21-30-27-10-5-3-8-25(27)26-9-4-6-11-28(26)30)34(42)38-31(12-7-17-37-35(36)43)32(40)18-23-13-15-24(20-39)16-14-23;1-16(2)21(25(32)30-23(26(33)34)12-7-13-29-27(28)35)14-24(31)36-15-22-19-10-5-3-8-17(19)18-9-4-6-11-20(18)22;8-7-3-1-6(5-9)2-4-7/h3-6,8-11,13-16,22,29-31,39H,7,12,17-21H2,1-2H3,(H,38,42)(H3,36,37,43);3-6,8-11,16,21-23H,7,12-15H2,1-2H3,(H,30,32)(H,33,34)(H3,28,29,35);1-4,9H,5,8H2/t29-,31-;21-,23-;/m00./s1. The maximum atomic E-state index is 13.5. The van der Waals surface area contributed by atoms with Crippen LogP contribution >= 0.6 is 0 Å². The minimum atomic E-state index is -1.19. The number of fused-ring (bicyclic) bond motifs is 6. The van der Waals surface area contributed by atoms with E-state index in [0.29, 0.717) is 12.8 Å². The number of carbonyl (C=O) groups excluding carboxylic acids is 7. The Morgan fingerprint density at radius 1 is 0.483 bits per heavy atom. The molecule has 0 aromatic heterocycles. The van der Waals surface area contributed by atoms with Crippen LogP contribution in [0.5, 0.6) is 0 Å². The molecular formula is C69H83N7O13. The van der Waals surface area contributed by atoms with Crippen LogP contribution in [0.3, 0.4) is 0 Å². The molecule has 13 N–H and O–H groups in total. The largest absolute Gasteiger partial charge is 0.480 e. The number of ether oxygens (including phenoxy) is 2. The van der Waals surface area contributed by atoms with Crippen molar-refractivity contribution in [2.24, 2.45) is 35.1 Å². The van der Waals surface area contributed by atoms with Gasteiger partial charge in [0.2, 0.25) is 11.8 Å². The van der Waals surface area contributed by atoms with Crippen LogP contribution in [0.1, 0.15) is 117 Å². The molecule has 0 bridgehead atoms. The van der Waals surface area contributed by atoms with Gasteiger partial charge in [-0.2, -0.15) is 0 Å². The number of benzene rings is 6. The minimum Gasteiger partial charge on any atom is -0.480 e. The van der Waals surface area contributed by atoms with E-state index in [1.807, 2.05) is 74.5 Å². The predicted molar refractivity (Wildman–Crippen MR) is 338 cm³/mol. The molecule has 0 unspecified atom stereocenters. The van der Waals surface area contributed by atoms with Crippen molar-refractivity contribution < 1.29 is 63.1 Å². The normalized spacial score (nSPS) is 13.2. The van der Waals surface area contributed by atoms with Crippen LogP contribution in [0.2, 0.25) is 0 Å². The zero-order valence-electron chi connectivity index (χ0n) is 50.8. The van der Waals surface area contributed by atoms with E-state index < -0.39 is 65.7 Å². The number of nitrogens with one attached hydrogen (secondary N) is 4. The third-order valence-electron chi connectivity index (χ3n) is 15.8. The molecule has 0 fully saturated rings. The van der Waals surface area contributed by atoms with Gasteiger partial charge >= 0.3 is 30.0 Å². The maximum absolute atomic E-state index is 13.5. The number of carboxylic acid groups (broad SMARTS) is 1. The molecule has 6 amide bonds. The number of nitrogens with two attached hydrogens (primary N) is 3. The summed E-state index contributed by atoms with van der Waals surface area (Å²) in [5.74, 6) is -5.30. The number of ketones is 1. The Balaban J connectivity index is 0.000000252. The SMILES string of the molecule is CC(C)[C@H](CC(=O)OCC1c2ccccc2-c2ccccc21)C(=O)N[C@@H](CCCNC(N)=O)C(=O)Cc1ccc(CO)cc1.CC(C)[C@H](CC(=O)OCC1c2ccccc2-c2ccccc21)C(=O)N[C@@H](CCCNC(N)=O)C(=O)O.Nc1ccc(CO)cc1. The van der Waals surface area contributed by atoms with Crippen LogP contribution in [0.4, 0.5) is 15.3 Å². The highest BCUT2D eigenvalue weighted by molar-refractivity contribution is 5.92. The number of primary amides is 2. The van der Waals surface area contributed by atoms with Gasteiger partial charge in [0.05, 0.1) is 43.9 Å². The molecule has 0 saturated heterocycles. The predicted octanol–water partition coefficient (Wildman–Crippen LogP) is 8.03. The molecule has 4 atom stereocenters. The molecule has 20 heteroatoms. The number of amides is 6. The number of aliphatic hydroxyl groups is 2. The van der Waals surface area contributed by atoms with E-state index in [1.54, 1.807) is 62.4 Å². The second kappa shape index (κ2) is 34.2. The first kappa shape index (κ1) is 68.7. The Kier molecular flexibility index (Phi) is 26.4. The van der Waals surface area contributed by atoms with Gasteiger partial charge in [-0.05, 0) is 111 Å². The number of carbonyl (C=O) groups is 8. The molecule has 2 aliphatic carbocycles. The third kappa shape index (κ3) is 20.3. The van der Waals surface area contributed by atoms with Crippen LogP contribution < -0.4 is 38.5 Å². The van der Waals surface area contributed by atoms with E-state index in [4.69, 9.17) is 31.8 Å². The summed E-state index contributed by atoms with van der Waals surface area (Å²) in [6, 6.07) is 43.1. The topological polar surface area (TPSA) is 342 Å². The number of urea groups is 2. The maximum Gasteiger partial charge on any atom is 0.326 e. The number of esters is 2. The molecule has 0 heterocycles. The van der Waals surface area contributed by atoms with E-state index in [0.717, 1.165) is 66.9 Å². The van der Waals surface area contributed by atoms with Crippen LogP contribution in [-0.4, -0.2) is 101 Å².